The second-order valence-electron chi connectivity index (χ2n) is 7.35. The van der Waals surface area contributed by atoms with Crippen molar-refractivity contribution in [2.24, 2.45) is 0 Å². The van der Waals surface area contributed by atoms with Gasteiger partial charge in [0.15, 0.2) is 0 Å². The van der Waals surface area contributed by atoms with Gasteiger partial charge in [-0.15, -0.1) is 0 Å². The van der Waals surface area contributed by atoms with Crippen LogP contribution in [0.25, 0.3) is 0 Å². The third kappa shape index (κ3) is 3.56. The molecule has 30 heavy (non-hydrogen) atoms. The number of carbonyl (C=O) groups excluding carboxylic acids is 1. The Morgan fingerprint density at radius 2 is 1.80 bits per heavy atom. The molecule has 0 saturated heterocycles. The quantitative estimate of drug-likeness (QED) is 0.600. The van der Waals surface area contributed by atoms with Crippen LogP contribution in [0.5, 0.6) is 5.75 Å². The van der Waals surface area contributed by atoms with Crippen molar-refractivity contribution in [1.29, 1.82) is 0 Å². The first-order valence-corrected chi connectivity index (χ1v) is 9.57. The van der Waals surface area contributed by atoms with Gasteiger partial charge in [-0.25, -0.2) is 0 Å². The lowest BCUT2D eigenvalue weighted by Gasteiger charge is -2.37. The van der Waals surface area contributed by atoms with Gasteiger partial charge >= 0.3 is 6.18 Å². The van der Waals surface area contributed by atoms with Gasteiger partial charge in [0.25, 0.3) is 5.91 Å². The van der Waals surface area contributed by atoms with Gasteiger partial charge in [-0.3, -0.25) is 4.79 Å². The molecule has 1 aromatic heterocycles. The average Bonchev–Trinajstić information content (AvgIpc) is 3.21. The predicted molar refractivity (Wildman–Crippen MR) is 106 cm³/mol. The normalized spacial score (nSPS) is 16.3. The number of benzene rings is 2. The van der Waals surface area contributed by atoms with Gasteiger partial charge in [0.05, 0.1) is 18.7 Å². The lowest BCUT2D eigenvalue weighted by atomic mass is 9.97. The topological polar surface area (TPSA) is 34.5 Å². The molecule has 0 radical (unpaired) electrons. The van der Waals surface area contributed by atoms with Gasteiger partial charge in [-0.05, 0) is 42.8 Å². The minimum absolute atomic E-state index is 0.0137. The van der Waals surface area contributed by atoms with Crippen LogP contribution in [0.3, 0.4) is 0 Å². The molecule has 156 valence electrons. The van der Waals surface area contributed by atoms with Crippen molar-refractivity contribution in [1.82, 2.24) is 9.47 Å². The second kappa shape index (κ2) is 7.55. The Kier molecular flexibility index (Phi) is 5.05. The summed E-state index contributed by atoms with van der Waals surface area (Å²) >= 11 is 0. The van der Waals surface area contributed by atoms with Crippen LogP contribution >= 0.6 is 0 Å². The predicted octanol–water partition coefficient (Wildman–Crippen LogP) is 5.07. The number of alkyl halides is 3. The zero-order valence-electron chi connectivity index (χ0n) is 16.6. The fourth-order valence-corrected chi connectivity index (χ4v) is 3.93. The van der Waals surface area contributed by atoms with E-state index in [-0.39, 0.29) is 17.4 Å². The van der Waals surface area contributed by atoms with E-state index in [1.165, 1.54) is 19.2 Å². The zero-order chi connectivity index (χ0) is 21.5. The van der Waals surface area contributed by atoms with Gasteiger partial charge in [0, 0.05) is 30.5 Å². The lowest BCUT2D eigenvalue weighted by Crippen LogP contribution is -2.42. The molecule has 0 aliphatic carbocycles. The minimum atomic E-state index is -4.62. The maximum atomic E-state index is 13.4. The van der Waals surface area contributed by atoms with Gasteiger partial charge in [-0.2, -0.15) is 13.2 Å². The monoisotopic (exact) mass is 414 g/mol. The van der Waals surface area contributed by atoms with Crippen molar-refractivity contribution in [3.63, 3.8) is 0 Å². The number of aryl methyl sites for hydroxylation is 1. The highest BCUT2D eigenvalue weighted by molar-refractivity contribution is 5.95. The van der Waals surface area contributed by atoms with Crippen molar-refractivity contribution in [2.75, 3.05) is 13.7 Å². The number of fused-ring (bicyclic) bond motifs is 1. The highest BCUT2D eigenvalue weighted by Crippen LogP contribution is 2.38. The standard InChI is InChI=1S/C23H21F3N2O2/c1-15-5-7-16(8-6-15)21-19-4-3-11-27(19)12-13-28(21)22(29)17-9-10-20(30-2)18(14-17)23(24,25)26/h3-11,14,21H,12-13H2,1-2H3/t21-/m0/s1. The summed E-state index contributed by atoms with van der Waals surface area (Å²) in [4.78, 5) is 15.0. The van der Waals surface area contributed by atoms with Crippen LogP contribution in [0.1, 0.15) is 38.8 Å². The smallest absolute Gasteiger partial charge is 0.419 e. The molecule has 0 bridgehead atoms. The number of ether oxygens (including phenoxy) is 1. The van der Waals surface area contributed by atoms with Gasteiger partial charge in [-0.1, -0.05) is 29.8 Å². The largest absolute Gasteiger partial charge is 0.496 e. The molecule has 3 aromatic rings. The Labute approximate surface area is 172 Å². The van der Waals surface area contributed by atoms with Crippen LogP contribution in [0.15, 0.2) is 60.8 Å². The Bertz CT molecular complexity index is 1070. The number of aromatic nitrogens is 1. The third-order valence-electron chi connectivity index (χ3n) is 5.44. The molecule has 4 rings (SSSR count). The van der Waals surface area contributed by atoms with Gasteiger partial charge in [0.1, 0.15) is 5.75 Å². The van der Waals surface area contributed by atoms with Crippen LogP contribution in [0, 0.1) is 6.92 Å². The number of rotatable bonds is 3. The van der Waals surface area contributed by atoms with Gasteiger partial charge in [0.2, 0.25) is 0 Å². The van der Waals surface area contributed by atoms with Crippen LogP contribution in [-0.2, 0) is 12.7 Å². The molecule has 0 fully saturated rings. The van der Waals surface area contributed by atoms with E-state index in [0.29, 0.717) is 13.1 Å². The minimum Gasteiger partial charge on any atom is -0.496 e. The first kappa shape index (κ1) is 20.1. The highest BCUT2D eigenvalue weighted by atomic mass is 19.4. The molecular weight excluding hydrogens is 393 g/mol. The third-order valence-corrected chi connectivity index (χ3v) is 5.44. The van der Waals surface area contributed by atoms with E-state index in [9.17, 15) is 18.0 Å². The summed E-state index contributed by atoms with van der Waals surface area (Å²) in [5, 5.41) is 0. The second-order valence-corrected chi connectivity index (χ2v) is 7.35. The van der Waals surface area contributed by atoms with E-state index in [1.807, 2.05) is 49.5 Å². The molecule has 0 spiro atoms. The van der Waals surface area contributed by atoms with E-state index in [0.717, 1.165) is 22.9 Å². The number of halogens is 3. The molecule has 7 heteroatoms. The maximum Gasteiger partial charge on any atom is 0.419 e. The molecule has 0 saturated carbocycles. The number of nitrogens with zero attached hydrogens (tertiary/aromatic N) is 2. The molecular formula is C23H21F3N2O2. The van der Waals surface area contributed by atoms with Crippen molar-refractivity contribution in [2.45, 2.75) is 25.7 Å². The fraction of sp³-hybridized carbons (Fsp3) is 0.261. The summed E-state index contributed by atoms with van der Waals surface area (Å²) in [6.45, 7) is 2.96. The average molecular weight is 414 g/mol. The van der Waals surface area contributed by atoms with Crippen molar-refractivity contribution >= 4 is 5.91 Å². The molecule has 1 amide bonds. The summed E-state index contributed by atoms with van der Waals surface area (Å²) in [7, 11) is 1.18. The Morgan fingerprint density at radius 3 is 2.47 bits per heavy atom. The van der Waals surface area contributed by atoms with Crippen LogP contribution < -0.4 is 4.74 Å². The SMILES string of the molecule is COc1ccc(C(=O)N2CCn3cccc3[C@@H]2c2ccc(C)cc2)cc1C(F)(F)F. The van der Waals surface area contributed by atoms with Crippen LogP contribution in [0.2, 0.25) is 0 Å². The van der Waals surface area contributed by atoms with Gasteiger partial charge < -0.3 is 14.2 Å². The molecule has 0 N–H and O–H groups in total. The summed E-state index contributed by atoms with van der Waals surface area (Å²) in [5.74, 6) is -0.747. The molecule has 1 aliphatic heterocycles. The Hall–Kier alpha value is -3.22. The summed E-state index contributed by atoms with van der Waals surface area (Å²) in [6, 6.07) is 14.8. The molecule has 1 aliphatic rings. The molecule has 1 atom stereocenters. The van der Waals surface area contributed by atoms with E-state index < -0.39 is 17.6 Å². The summed E-state index contributed by atoms with van der Waals surface area (Å²) in [6.07, 6.45) is -2.66. The first-order valence-electron chi connectivity index (χ1n) is 9.57. The van der Waals surface area contributed by atoms with E-state index >= 15 is 0 Å². The number of hydrogen-bond acceptors (Lipinski definition) is 2. The van der Waals surface area contributed by atoms with Crippen molar-refractivity contribution in [3.05, 3.63) is 88.7 Å². The zero-order valence-corrected chi connectivity index (χ0v) is 16.6. The fourth-order valence-electron chi connectivity index (χ4n) is 3.93. The Balaban J connectivity index is 1.77. The van der Waals surface area contributed by atoms with Crippen molar-refractivity contribution in [3.8, 4) is 5.75 Å². The number of amides is 1. The van der Waals surface area contributed by atoms with E-state index in [2.05, 4.69) is 4.57 Å². The summed E-state index contributed by atoms with van der Waals surface area (Å²) in [5.41, 5.74) is 1.97. The van der Waals surface area contributed by atoms with E-state index in [1.54, 1.807) is 4.90 Å². The van der Waals surface area contributed by atoms with Crippen LogP contribution in [0.4, 0.5) is 13.2 Å². The number of carbonyl (C=O) groups is 1. The van der Waals surface area contributed by atoms with Crippen LogP contribution in [-0.4, -0.2) is 29.0 Å². The molecule has 2 aromatic carbocycles. The Morgan fingerprint density at radius 1 is 1.07 bits per heavy atom. The molecule has 0 unspecified atom stereocenters. The number of methoxy groups -OCH3 is 1. The van der Waals surface area contributed by atoms with E-state index in [4.69, 9.17) is 4.74 Å². The summed E-state index contributed by atoms with van der Waals surface area (Å²) < 4.78 is 47.3. The molecule has 4 nitrogen and oxygen atoms in total. The van der Waals surface area contributed by atoms with Crippen molar-refractivity contribution < 1.29 is 22.7 Å². The lowest BCUT2D eigenvalue weighted by molar-refractivity contribution is -0.138. The number of hydrogen-bond donors (Lipinski definition) is 0. The molecule has 2 heterocycles. The first-order chi connectivity index (χ1) is 14.3. The highest BCUT2D eigenvalue weighted by Gasteiger charge is 2.37. The maximum absolute atomic E-state index is 13.4.